The molecule has 110 valence electrons. The van der Waals surface area contributed by atoms with Crippen molar-refractivity contribution in [3.05, 3.63) is 0 Å². The Balaban J connectivity index is 1.70. The molecule has 1 amide bonds. The predicted octanol–water partition coefficient (Wildman–Crippen LogP) is 1.40. The van der Waals surface area contributed by atoms with Gasteiger partial charge in [-0.1, -0.05) is 13.8 Å². The van der Waals surface area contributed by atoms with Crippen molar-refractivity contribution < 1.29 is 14.6 Å². The fourth-order valence-corrected chi connectivity index (χ4v) is 2.44. The Hall–Kier alpha value is -0.810. The monoisotopic (exact) mass is 270 g/mol. The first kappa shape index (κ1) is 14.6. The van der Waals surface area contributed by atoms with Crippen molar-refractivity contribution >= 4 is 6.09 Å². The minimum atomic E-state index is -0.456. The quantitative estimate of drug-likeness (QED) is 0.725. The molecule has 0 aliphatic heterocycles. The zero-order chi connectivity index (χ0) is 14.4. The maximum atomic E-state index is 11.6. The molecule has 4 unspecified atom stereocenters. The number of aliphatic hydroxyl groups excluding tert-OH is 1. The van der Waals surface area contributed by atoms with Gasteiger partial charge < -0.3 is 20.5 Å². The van der Waals surface area contributed by atoms with E-state index in [4.69, 9.17) is 4.74 Å². The fourth-order valence-electron chi connectivity index (χ4n) is 2.44. The number of nitrogens with one attached hydrogen (secondary N) is 2. The molecule has 0 heterocycles. The zero-order valence-corrected chi connectivity index (χ0v) is 12.5. The number of aliphatic hydroxyl groups is 1. The molecule has 2 rings (SSSR count). The Morgan fingerprint density at radius 3 is 2.37 bits per heavy atom. The molecule has 2 saturated carbocycles. The van der Waals surface area contributed by atoms with Crippen LogP contribution in [0.25, 0.3) is 0 Å². The Morgan fingerprint density at radius 2 is 1.89 bits per heavy atom. The van der Waals surface area contributed by atoms with E-state index in [1.165, 1.54) is 0 Å². The third-order valence-electron chi connectivity index (χ3n) is 4.12. The summed E-state index contributed by atoms with van der Waals surface area (Å²) >= 11 is 0. The van der Waals surface area contributed by atoms with Crippen molar-refractivity contribution in [1.82, 2.24) is 10.6 Å². The summed E-state index contributed by atoms with van der Waals surface area (Å²) in [5.74, 6) is 0. The van der Waals surface area contributed by atoms with Gasteiger partial charge in [0.2, 0.25) is 0 Å². The van der Waals surface area contributed by atoms with Crippen LogP contribution in [0.15, 0.2) is 0 Å². The summed E-state index contributed by atoms with van der Waals surface area (Å²) in [7, 11) is 0. The lowest BCUT2D eigenvalue weighted by Gasteiger charge is -2.49. The van der Waals surface area contributed by atoms with Gasteiger partial charge >= 0.3 is 6.09 Å². The number of carbonyl (C=O) groups is 1. The van der Waals surface area contributed by atoms with Crippen LogP contribution in [0.5, 0.6) is 0 Å². The van der Waals surface area contributed by atoms with Crippen molar-refractivity contribution in [3.8, 4) is 0 Å². The van der Waals surface area contributed by atoms with Gasteiger partial charge in [0, 0.05) is 23.5 Å². The van der Waals surface area contributed by atoms with Gasteiger partial charge in [-0.05, 0) is 33.6 Å². The van der Waals surface area contributed by atoms with Gasteiger partial charge in [0.15, 0.2) is 0 Å². The minimum Gasteiger partial charge on any atom is -0.444 e. The second kappa shape index (κ2) is 4.63. The molecule has 5 nitrogen and oxygen atoms in total. The summed E-state index contributed by atoms with van der Waals surface area (Å²) in [5, 5.41) is 16.1. The van der Waals surface area contributed by atoms with Crippen molar-refractivity contribution in [3.63, 3.8) is 0 Å². The second-order valence-electron chi connectivity index (χ2n) is 7.39. The number of rotatable bonds is 3. The second-order valence-corrected chi connectivity index (χ2v) is 7.39. The SMILES string of the molecule is CC(C)(C)OC(=O)NC1CC1NC1CC(O)C1(C)C. The summed E-state index contributed by atoms with van der Waals surface area (Å²) in [5.41, 5.74) is -0.527. The van der Waals surface area contributed by atoms with E-state index in [9.17, 15) is 9.90 Å². The maximum absolute atomic E-state index is 11.6. The van der Waals surface area contributed by atoms with Gasteiger partial charge in [-0.15, -0.1) is 0 Å². The first-order valence-corrected chi connectivity index (χ1v) is 7.03. The molecule has 0 aromatic carbocycles. The number of hydrogen-bond donors (Lipinski definition) is 3. The van der Waals surface area contributed by atoms with Gasteiger partial charge in [-0.25, -0.2) is 4.79 Å². The first-order valence-electron chi connectivity index (χ1n) is 7.03. The van der Waals surface area contributed by atoms with Gasteiger partial charge in [-0.3, -0.25) is 0 Å². The lowest BCUT2D eigenvalue weighted by molar-refractivity contribution is -0.0732. The number of ether oxygens (including phenoxy) is 1. The van der Waals surface area contributed by atoms with E-state index in [0.717, 1.165) is 12.8 Å². The van der Waals surface area contributed by atoms with E-state index < -0.39 is 5.60 Å². The normalized spacial score (nSPS) is 36.3. The minimum absolute atomic E-state index is 0.0704. The smallest absolute Gasteiger partial charge is 0.407 e. The highest BCUT2D eigenvalue weighted by Crippen LogP contribution is 2.42. The van der Waals surface area contributed by atoms with Crippen molar-refractivity contribution in [2.45, 2.75) is 77.3 Å². The molecule has 0 bridgehead atoms. The fraction of sp³-hybridized carbons (Fsp3) is 0.929. The van der Waals surface area contributed by atoms with Gasteiger partial charge in [0.05, 0.1) is 6.10 Å². The van der Waals surface area contributed by atoms with Crippen LogP contribution < -0.4 is 10.6 Å². The molecular weight excluding hydrogens is 244 g/mol. The average Bonchev–Trinajstić information content (AvgIpc) is 2.93. The molecule has 3 N–H and O–H groups in total. The zero-order valence-electron chi connectivity index (χ0n) is 12.5. The average molecular weight is 270 g/mol. The van der Waals surface area contributed by atoms with E-state index in [0.29, 0.717) is 12.1 Å². The lowest BCUT2D eigenvalue weighted by Crippen LogP contribution is -2.61. The molecule has 5 heteroatoms. The van der Waals surface area contributed by atoms with Crippen molar-refractivity contribution in [2.75, 3.05) is 0 Å². The van der Waals surface area contributed by atoms with Crippen LogP contribution in [0, 0.1) is 5.41 Å². The number of hydrogen-bond acceptors (Lipinski definition) is 4. The van der Waals surface area contributed by atoms with Gasteiger partial charge in [0.25, 0.3) is 0 Å². The molecule has 4 atom stereocenters. The molecule has 2 aliphatic carbocycles. The summed E-state index contributed by atoms with van der Waals surface area (Å²) in [6, 6.07) is 0.797. The first-order chi connectivity index (χ1) is 8.59. The molecule has 2 fully saturated rings. The van der Waals surface area contributed by atoms with Crippen LogP contribution in [0.1, 0.15) is 47.5 Å². The Kier molecular flexibility index (Phi) is 3.56. The summed E-state index contributed by atoms with van der Waals surface area (Å²) in [6.45, 7) is 9.70. The maximum Gasteiger partial charge on any atom is 0.407 e. The van der Waals surface area contributed by atoms with Crippen molar-refractivity contribution in [2.24, 2.45) is 5.41 Å². The molecule has 19 heavy (non-hydrogen) atoms. The van der Waals surface area contributed by atoms with Crippen LogP contribution in [0.3, 0.4) is 0 Å². The molecular formula is C14H26N2O3. The highest BCUT2D eigenvalue weighted by molar-refractivity contribution is 5.68. The van der Waals surface area contributed by atoms with Crippen LogP contribution in [-0.2, 0) is 4.74 Å². The van der Waals surface area contributed by atoms with E-state index in [2.05, 4.69) is 24.5 Å². The highest BCUT2D eigenvalue weighted by atomic mass is 16.6. The highest BCUT2D eigenvalue weighted by Gasteiger charge is 2.51. The predicted molar refractivity (Wildman–Crippen MR) is 72.9 cm³/mol. The topological polar surface area (TPSA) is 70.6 Å². The summed E-state index contributed by atoms with van der Waals surface area (Å²) in [6.07, 6.45) is 1.15. The van der Waals surface area contributed by atoms with Gasteiger partial charge in [0.1, 0.15) is 5.60 Å². The standard InChI is InChI=1S/C14H26N2O3/c1-13(2,3)19-12(18)16-9-6-8(9)15-10-7-11(17)14(10,4)5/h8-11,15,17H,6-7H2,1-5H3,(H,16,18). The third kappa shape index (κ3) is 3.39. The molecule has 2 aliphatic rings. The van der Waals surface area contributed by atoms with Crippen LogP contribution in [-0.4, -0.2) is 41.0 Å². The molecule has 0 aromatic rings. The number of carbonyl (C=O) groups excluding carboxylic acids is 1. The molecule has 0 saturated heterocycles. The Morgan fingerprint density at radius 1 is 1.26 bits per heavy atom. The van der Waals surface area contributed by atoms with Crippen LogP contribution in [0.2, 0.25) is 0 Å². The van der Waals surface area contributed by atoms with E-state index in [1.54, 1.807) is 0 Å². The molecule has 0 spiro atoms. The molecule has 0 radical (unpaired) electrons. The summed E-state index contributed by atoms with van der Waals surface area (Å²) in [4.78, 5) is 11.6. The lowest BCUT2D eigenvalue weighted by atomic mass is 9.64. The Labute approximate surface area is 115 Å². The largest absolute Gasteiger partial charge is 0.444 e. The van der Waals surface area contributed by atoms with E-state index in [-0.39, 0.29) is 23.7 Å². The number of amides is 1. The van der Waals surface area contributed by atoms with Crippen molar-refractivity contribution in [1.29, 1.82) is 0 Å². The van der Waals surface area contributed by atoms with Crippen LogP contribution in [0.4, 0.5) is 4.79 Å². The van der Waals surface area contributed by atoms with Crippen LogP contribution >= 0.6 is 0 Å². The third-order valence-corrected chi connectivity index (χ3v) is 4.12. The number of alkyl carbamates (subject to hydrolysis) is 1. The van der Waals surface area contributed by atoms with Gasteiger partial charge in [-0.2, -0.15) is 0 Å². The Bertz CT molecular complexity index is 362. The summed E-state index contributed by atoms with van der Waals surface area (Å²) < 4.78 is 5.22. The van der Waals surface area contributed by atoms with E-state index in [1.807, 2.05) is 20.8 Å². The molecule has 0 aromatic heterocycles. The van der Waals surface area contributed by atoms with E-state index >= 15 is 0 Å².